The Hall–Kier alpha value is -1.58. The zero-order valence-corrected chi connectivity index (χ0v) is 17.2. The predicted molar refractivity (Wildman–Crippen MR) is 107 cm³/mol. The van der Waals surface area contributed by atoms with Gasteiger partial charge in [-0.2, -0.15) is 0 Å². The highest BCUT2D eigenvalue weighted by molar-refractivity contribution is 14.0. The second kappa shape index (κ2) is 10.4. The fraction of sp³-hybridized carbons (Fsp3) is 0.529. The second-order valence-electron chi connectivity index (χ2n) is 5.66. The molecule has 1 amide bonds. The summed E-state index contributed by atoms with van der Waals surface area (Å²) in [5.74, 6) is 0.548. The Morgan fingerprint density at radius 2 is 1.92 bits per heavy atom. The Kier molecular flexibility index (Phi) is 8.95. The van der Waals surface area contributed by atoms with Crippen molar-refractivity contribution in [2.75, 3.05) is 39.8 Å². The third kappa shape index (κ3) is 6.02. The minimum absolute atomic E-state index is 0. The van der Waals surface area contributed by atoms with Gasteiger partial charge in [0.1, 0.15) is 5.82 Å². The number of aliphatic imine (C=N–C) groups is 1. The van der Waals surface area contributed by atoms with Gasteiger partial charge in [0.05, 0.1) is 6.61 Å². The van der Waals surface area contributed by atoms with Gasteiger partial charge >= 0.3 is 6.09 Å². The molecule has 1 fully saturated rings. The maximum Gasteiger partial charge on any atom is 0.409 e. The molecule has 2 rings (SSSR count). The number of nitrogens with one attached hydrogen (secondary N) is 1. The first-order valence-electron chi connectivity index (χ1n) is 8.17. The maximum atomic E-state index is 13.6. The Morgan fingerprint density at radius 1 is 1.28 bits per heavy atom. The fourth-order valence-corrected chi connectivity index (χ4v) is 2.58. The highest BCUT2D eigenvalue weighted by atomic mass is 127. The van der Waals surface area contributed by atoms with E-state index in [1.165, 1.54) is 6.07 Å². The summed E-state index contributed by atoms with van der Waals surface area (Å²) in [5.41, 5.74) is 1.50. The van der Waals surface area contributed by atoms with Crippen molar-refractivity contribution in [2.24, 2.45) is 4.99 Å². The number of piperazine rings is 1. The number of hydrogen-bond donors (Lipinski definition) is 1. The van der Waals surface area contributed by atoms with E-state index in [4.69, 9.17) is 4.74 Å². The lowest BCUT2D eigenvalue weighted by atomic mass is 10.1. The zero-order valence-electron chi connectivity index (χ0n) is 14.9. The van der Waals surface area contributed by atoms with E-state index >= 15 is 0 Å². The van der Waals surface area contributed by atoms with Crippen LogP contribution < -0.4 is 5.32 Å². The van der Waals surface area contributed by atoms with Crippen LogP contribution in [-0.2, 0) is 11.3 Å². The summed E-state index contributed by atoms with van der Waals surface area (Å²) in [5, 5.41) is 3.25. The number of benzene rings is 1. The standard InChI is InChI=1S/C17H25FN4O2.HI/c1-4-24-17(23)22-9-7-21(8-10-22)16(19-3)20-12-14-6-5-13(2)15(18)11-14;/h5-6,11H,4,7-10,12H2,1-3H3,(H,19,20);1H. The molecule has 1 aliphatic heterocycles. The summed E-state index contributed by atoms with van der Waals surface area (Å²) in [7, 11) is 1.72. The van der Waals surface area contributed by atoms with E-state index < -0.39 is 0 Å². The monoisotopic (exact) mass is 464 g/mol. The van der Waals surface area contributed by atoms with E-state index in [9.17, 15) is 9.18 Å². The largest absolute Gasteiger partial charge is 0.450 e. The first-order valence-corrected chi connectivity index (χ1v) is 8.17. The molecule has 0 aliphatic carbocycles. The minimum atomic E-state index is -0.268. The quantitative estimate of drug-likeness (QED) is 0.425. The number of aryl methyl sites for hydroxylation is 1. The van der Waals surface area contributed by atoms with E-state index in [0.717, 1.165) is 11.5 Å². The number of amides is 1. The molecule has 6 nitrogen and oxygen atoms in total. The normalized spacial score (nSPS) is 14.8. The highest BCUT2D eigenvalue weighted by Crippen LogP contribution is 2.09. The van der Waals surface area contributed by atoms with Crippen LogP contribution in [0.1, 0.15) is 18.1 Å². The molecule has 0 aromatic heterocycles. The van der Waals surface area contributed by atoms with Gasteiger partial charge in [-0.25, -0.2) is 9.18 Å². The van der Waals surface area contributed by atoms with Crippen molar-refractivity contribution in [3.05, 3.63) is 35.1 Å². The van der Waals surface area contributed by atoms with Crippen molar-refractivity contribution in [1.29, 1.82) is 0 Å². The van der Waals surface area contributed by atoms with Crippen LogP contribution >= 0.6 is 24.0 Å². The van der Waals surface area contributed by atoms with Gasteiger partial charge in [-0.05, 0) is 31.0 Å². The van der Waals surface area contributed by atoms with Crippen molar-refractivity contribution in [1.82, 2.24) is 15.1 Å². The average molecular weight is 464 g/mol. The van der Waals surface area contributed by atoms with Crippen molar-refractivity contribution in [3.63, 3.8) is 0 Å². The lowest BCUT2D eigenvalue weighted by Crippen LogP contribution is -2.53. The molecule has 0 unspecified atom stereocenters. The van der Waals surface area contributed by atoms with Gasteiger partial charge in [-0.1, -0.05) is 12.1 Å². The van der Waals surface area contributed by atoms with Crippen LogP contribution in [0.3, 0.4) is 0 Å². The molecule has 25 heavy (non-hydrogen) atoms. The third-order valence-electron chi connectivity index (χ3n) is 4.00. The number of carbonyl (C=O) groups is 1. The summed E-state index contributed by atoms with van der Waals surface area (Å²) >= 11 is 0. The summed E-state index contributed by atoms with van der Waals surface area (Å²) < 4.78 is 18.6. The number of carbonyl (C=O) groups excluding carboxylic acids is 1. The van der Waals surface area contributed by atoms with Crippen molar-refractivity contribution >= 4 is 36.0 Å². The molecule has 1 aliphatic rings. The SMILES string of the molecule is CCOC(=O)N1CCN(C(=NC)NCc2ccc(C)c(F)c2)CC1.I. The van der Waals surface area contributed by atoms with Crippen LogP contribution in [0, 0.1) is 12.7 Å². The lowest BCUT2D eigenvalue weighted by Gasteiger charge is -2.35. The molecule has 140 valence electrons. The molecule has 0 saturated carbocycles. The fourth-order valence-electron chi connectivity index (χ4n) is 2.58. The van der Waals surface area contributed by atoms with Crippen LogP contribution in [-0.4, -0.2) is 61.7 Å². The highest BCUT2D eigenvalue weighted by Gasteiger charge is 2.23. The topological polar surface area (TPSA) is 57.2 Å². The number of nitrogens with zero attached hydrogens (tertiary/aromatic N) is 3. The van der Waals surface area contributed by atoms with E-state index in [1.807, 2.05) is 6.07 Å². The first kappa shape index (κ1) is 21.5. The van der Waals surface area contributed by atoms with Crippen LogP contribution in [0.25, 0.3) is 0 Å². The van der Waals surface area contributed by atoms with Gasteiger partial charge in [0.2, 0.25) is 0 Å². The molecule has 1 saturated heterocycles. The molecule has 0 radical (unpaired) electrons. The molecular formula is C17H26FIN4O2. The van der Waals surface area contributed by atoms with Crippen LogP contribution in [0.5, 0.6) is 0 Å². The summed E-state index contributed by atoms with van der Waals surface area (Å²) in [4.78, 5) is 19.8. The van der Waals surface area contributed by atoms with E-state index in [0.29, 0.717) is 44.9 Å². The Bertz CT molecular complexity index is 604. The van der Waals surface area contributed by atoms with Crippen molar-refractivity contribution in [2.45, 2.75) is 20.4 Å². The van der Waals surface area contributed by atoms with Gasteiger partial charge < -0.3 is 19.9 Å². The average Bonchev–Trinajstić information content (AvgIpc) is 2.59. The number of guanidine groups is 1. The van der Waals surface area contributed by atoms with Crippen molar-refractivity contribution in [3.8, 4) is 0 Å². The van der Waals surface area contributed by atoms with E-state index in [-0.39, 0.29) is 35.9 Å². The first-order chi connectivity index (χ1) is 11.5. The summed E-state index contributed by atoms with van der Waals surface area (Å²) in [6.45, 7) is 6.98. The number of hydrogen-bond acceptors (Lipinski definition) is 3. The Labute approximate surface area is 165 Å². The Morgan fingerprint density at radius 3 is 2.48 bits per heavy atom. The molecule has 0 spiro atoms. The van der Waals surface area contributed by atoms with Gasteiger partial charge in [-0.15, -0.1) is 24.0 Å². The van der Waals surface area contributed by atoms with Gasteiger partial charge in [-0.3, -0.25) is 4.99 Å². The molecular weight excluding hydrogens is 438 g/mol. The van der Waals surface area contributed by atoms with Crippen molar-refractivity contribution < 1.29 is 13.9 Å². The van der Waals surface area contributed by atoms with Gasteiger partial charge in [0, 0.05) is 39.8 Å². The molecule has 1 aromatic carbocycles. The molecule has 1 N–H and O–H groups in total. The van der Waals surface area contributed by atoms with E-state index in [2.05, 4.69) is 15.2 Å². The number of halogens is 2. The molecule has 8 heteroatoms. The van der Waals surface area contributed by atoms with Gasteiger partial charge in [0.25, 0.3) is 0 Å². The van der Waals surface area contributed by atoms with Crippen LogP contribution in [0.2, 0.25) is 0 Å². The molecule has 1 heterocycles. The summed E-state index contributed by atoms with van der Waals surface area (Å²) in [6.07, 6.45) is -0.268. The number of rotatable bonds is 3. The van der Waals surface area contributed by atoms with Crippen LogP contribution in [0.15, 0.2) is 23.2 Å². The zero-order chi connectivity index (χ0) is 17.5. The van der Waals surface area contributed by atoms with Crippen LogP contribution in [0.4, 0.5) is 9.18 Å². The molecule has 0 bridgehead atoms. The van der Waals surface area contributed by atoms with Gasteiger partial charge in [0.15, 0.2) is 5.96 Å². The third-order valence-corrected chi connectivity index (χ3v) is 4.00. The number of ether oxygens (including phenoxy) is 1. The smallest absolute Gasteiger partial charge is 0.409 e. The second-order valence-corrected chi connectivity index (χ2v) is 5.66. The Balaban J connectivity index is 0.00000312. The van der Waals surface area contributed by atoms with E-state index in [1.54, 1.807) is 31.9 Å². The summed E-state index contributed by atoms with van der Waals surface area (Å²) in [6, 6.07) is 5.21. The predicted octanol–water partition coefficient (Wildman–Crippen LogP) is 2.60. The minimum Gasteiger partial charge on any atom is -0.450 e. The lowest BCUT2D eigenvalue weighted by molar-refractivity contribution is 0.0914. The molecule has 0 atom stereocenters. The molecule has 1 aromatic rings. The maximum absolute atomic E-state index is 13.6.